The van der Waals surface area contributed by atoms with Gasteiger partial charge in [-0.1, -0.05) is 59.7 Å². The molecule has 2 heterocycles. The van der Waals surface area contributed by atoms with Gasteiger partial charge in [-0.25, -0.2) is 0 Å². The average molecular weight is 470 g/mol. The normalized spacial score (nSPS) is 14.7. The first-order chi connectivity index (χ1) is 14.6. The topological polar surface area (TPSA) is 29.5 Å². The molecule has 0 aliphatic carbocycles. The number of hydrogen-bond donors (Lipinski definition) is 0. The monoisotopic (exact) mass is 469 g/mol. The second-order valence-electron chi connectivity index (χ2n) is 9.30. The third-order valence-corrected chi connectivity index (χ3v) is 9.06. The summed E-state index contributed by atoms with van der Waals surface area (Å²) in [4.78, 5) is 16.9. The molecule has 3 nitrogen and oxygen atoms in total. The van der Waals surface area contributed by atoms with E-state index in [0.717, 1.165) is 31.3 Å². The number of carbonyl (C=O) groups is 1. The number of hydrogen-bond acceptors (Lipinski definition) is 5. The molecule has 6 heteroatoms. The standard InChI is InChI=1S/C25H27NO2S3/c1-7-28-17-11-8-15(9-12-17)22(27)26-19-13-10-16(24(2,3)4)14-18(19)20-21(25(26,5)6)30-31-23(20)29/h8-14H,7H2,1-6H3. The third kappa shape index (κ3) is 3.75. The molecule has 0 saturated carbocycles. The van der Waals surface area contributed by atoms with Crippen molar-refractivity contribution in [2.24, 2.45) is 0 Å². The summed E-state index contributed by atoms with van der Waals surface area (Å²) in [5.41, 5.74) is 4.48. The Morgan fingerprint density at radius 2 is 1.77 bits per heavy atom. The van der Waals surface area contributed by atoms with Gasteiger partial charge in [-0.2, -0.15) is 0 Å². The molecule has 1 amide bonds. The van der Waals surface area contributed by atoms with Crippen molar-refractivity contribution >= 4 is 44.5 Å². The summed E-state index contributed by atoms with van der Waals surface area (Å²) >= 11 is 5.74. The molecule has 4 rings (SSSR count). The number of carbonyl (C=O) groups excluding carboxylic acids is 1. The van der Waals surface area contributed by atoms with Crippen molar-refractivity contribution in [3.8, 4) is 16.9 Å². The zero-order valence-corrected chi connectivity index (χ0v) is 21.2. The summed E-state index contributed by atoms with van der Waals surface area (Å²) < 4.78 is 6.44. The number of ether oxygens (including phenoxy) is 1. The molecule has 0 atom stereocenters. The highest BCUT2D eigenvalue weighted by Crippen LogP contribution is 2.53. The van der Waals surface area contributed by atoms with E-state index in [2.05, 4.69) is 52.8 Å². The fourth-order valence-electron chi connectivity index (χ4n) is 4.05. The van der Waals surface area contributed by atoms with Crippen LogP contribution in [0.4, 0.5) is 5.69 Å². The molecule has 1 aromatic heterocycles. The van der Waals surface area contributed by atoms with Gasteiger partial charge in [0.1, 0.15) is 9.57 Å². The van der Waals surface area contributed by atoms with E-state index in [-0.39, 0.29) is 11.3 Å². The summed E-state index contributed by atoms with van der Waals surface area (Å²) in [6.07, 6.45) is 0. The van der Waals surface area contributed by atoms with E-state index < -0.39 is 5.54 Å². The first-order valence-electron chi connectivity index (χ1n) is 10.4. The van der Waals surface area contributed by atoms with E-state index in [1.807, 2.05) is 36.1 Å². The fraction of sp³-hybridized carbons (Fsp3) is 0.360. The Bertz CT molecular complexity index is 1200. The SMILES string of the molecule is CCOc1ccc(C(=O)N2c3ccc(C(C)(C)C)cc3-c3c(ssc3=S)C2(C)C)cc1. The molecule has 162 valence electrons. The van der Waals surface area contributed by atoms with Crippen LogP contribution in [0.3, 0.4) is 0 Å². The Morgan fingerprint density at radius 1 is 1.10 bits per heavy atom. The molecule has 3 aromatic rings. The molecule has 1 aliphatic heterocycles. The minimum Gasteiger partial charge on any atom is -0.494 e. The first kappa shape index (κ1) is 22.2. The summed E-state index contributed by atoms with van der Waals surface area (Å²) in [6.45, 7) is 13.4. The molecular weight excluding hydrogens is 442 g/mol. The van der Waals surface area contributed by atoms with Crippen molar-refractivity contribution in [2.75, 3.05) is 11.5 Å². The lowest BCUT2D eigenvalue weighted by molar-refractivity contribution is 0.0961. The van der Waals surface area contributed by atoms with Gasteiger partial charge in [0.15, 0.2) is 0 Å². The second-order valence-corrected chi connectivity index (χ2v) is 12.1. The van der Waals surface area contributed by atoms with E-state index in [1.165, 1.54) is 5.56 Å². The van der Waals surface area contributed by atoms with Crippen molar-refractivity contribution < 1.29 is 9.53 Å². The summed E-state index contributed by atoms with van der Waals surface area (Å²) in [6, 6.07) is 13.8. The minimum atomic E-state index is -0.501. The predicted octanol–water partition coefficient (Wildman–Crippen LogP) is 7.80. The van der Waals surface area contributed by atoms with Crippen LogP contribution in [-0.2, 0) is 11.0 Å². The van der Waals surface area contributed by atoms with Crippen LogP contribution in [0.2, 0.25) is 0 Å². The van der Waals surface area contributed by atoms with Crippen LogP contribution in [0.5, 0.6) is 5.75 Å². The van der Waals surface area contributed by atoms with Crippen LogP contribution in [0.25, 0.3) is 11.1 Å². The molecule has 0 spiro atoms. The van der Waals surface area contributed by atoms with E-state index in [1.54, 1.807) is 20.7 Å². The third-order valence-electron chi connectivity index (χ3n) is 5.73. The van der Waals surface area contributed by atoms with Gasteiger partial charge in [0.2, 0.25) is 0 Å². The van der Waals surface area contributed by atoms with Gasteiger partial charge in [-0.15, -0.1) is 0 Å². The number of amides is 1. The highest BCUT2D eigenvalue weighted by molar-refractivity contribution is 7.80. The molecule has 0 bridgehead atoms. The van der Waals surface area contributed by atoms with Gasteiger partial charge in [-0.05, 0) is 68.1 Å². The second kappa shape index (κ2) is 7.84. The molecular formula is C25H27NO2S3. The van der Waals surface area contributed by atoms with E-state index in [9.17, 15) is 4.79 Å². The van der Waals surface area contributed by atoms with Crippen LogP contribution in [0, 0.1) is 3.82 Å². The molecule has 1 aliphatic rings. The molecule has 2 aromatic carbocycles. The lowest BCUT2D eigenvalue weighted by Gasteiger charge is -2.43. The Balaban J connectivity index is 1.89. The quantitative estimate of drug-likeness (QED) is 0.289. The zero-order chi connectivity index (χ0) is 22.6. The number of fused-ring (bicyclic) bond motifs is 3. The van der Waals surface area contributed by atoms with Crippen molar-refractivity contribution in [2.45, 2.75) is 52.5 Å². The maximum atomic E-state index is 13.8. The largest absolute Gasteiger partial charge is 0.494 e. The summed E-state index contributed by atoms with van der Waals surface area (Å²) in [5, 5.41) is 0. The van der Waals surface area contributed by atoms with Crippen LogP contribution < -0.4 is 9.64 Å². The van der Waals surface area contributed by atoms with Gasteiger partial charge in [-0.3, -0.25) is 9.69 Å². The van der Waals surface area contributed by atoms with Crippen LogP contribution >= 0.6 is 32.9 Å². The minimum absolute atomic E-state index is 0.00712. The van der Waals surface area contributed by atoms with Gasteiger partial charge in [0.05, 0.1) is 22.7 Å². The fourth-order valence-corrected chi connectivity index (χ4v) is 7.33. The smallest absolute Gasteiger partial charge is 0.259 e. The highest BCUT2D eigenvalue weighted by atomic mass is 32.9. The maximum Gasteiger partial charge on any atom is 0.259 e. The van der Waals surface area contributed by atoms with Gasteiger partial charge >= 0.3 is 0 Å². The Morgan fingerprint density at radius 3 is 2.39 bits per heavy atom. The van der Waals surface area contributed by atoms with Crippen LogP contribution in [0.1, 0.15) is 62.3 Å². The number of nitrogens with zero attached hydrogens (tertiary/aromatic N) is 1. The van der Waals surface area contributed by atoms with E-state index in [0.29, 0.717) is 12.2 Å². The van der Waals surface area contributed by atoms with Crippen molar-refractivity contribution in [1.82, 2.24) is 0 Å². The van der Waals surface area contributed by atoms with Gasteiger partial charge in [0, 0.05) is 16.7 Å². The first-order valence-corrected chi connectivity index (χ1v) is 13.0. The lowest BCUT2D eigenvalue weighted by Crippen LogP contribution is -2.47. The number of rotatable bonds is 3. The lowest BCUT2D eigenvalue weighted by atomic mass is 9.81. The number of benzene rings is 2. The predicted molar refractivity (Wildman–Crippen MR) is 135 cm³/mol. The van der Waals surface area contributed by atoms with Crippen LogP contribution in [0.15, 0.2) is 42.5 Å². The van der Waals surface area contributed by atoms with Crippen molar-refractivity contribution in [3.05, 3.63) is 62.3 Å². The van der Waals surface area contributed by atoms with E-state index >= 15 is 0 Å². The molecule has 0 N–H and O–H groups in total. The van der Waals surface area contributed by atoms with Crippen LogP contribution in [-0.4, -0.2) is 12.5 Å². The van der Waals surface area contributed by atoms with Crippen molar-refractivity contribution in [3.63, 3.8) is 0 Å². The molecule has 0 fully saturated rings. The van der Waals surface area contributed by atoms with Gasteiger partial charge in [0.25, 0.3) is 5.91 Å². The summed E-state index contributed by atoms with van der Waals surface area (Å²) in [7, 11) is 3.30. The number of anilines is 1. The highest BCUT2D eigenvalue weighted by Gasteiger charge is 2.43. The Kier molecular flexibility index (Phi) is 5.61. The van der Waals surface area contributed by atoms with E-state index in [4.69, 9.17) is 17.0 Å². The molecule has 0 saturated heterocycles. The molecule has 31 heavy (non-hydrogen) atoms. The van der Waals surface area contributed by atoms with Gasteiger partial charge < -0.3 is 4.74 Å². The molecule has 0 unspecified atom stereocenters. The van der Waals surface area contributed by atoms with Crippen molar-refractivity contribution in [1.29, 1.82) is 0 Å². The average Bonchev–Trinajstić information content (AvgIpc) is 3.10. The summed E-state index contributed by atoms with van der Waals surface area (Å²) in [5.74, 6) is 0.748. The maximum absolute atomic E-state index is 13.8. The Labute approximate surface area is 196 Å². The molecule has 0 radical (unpaired) electrons. The zero-order valence-electron chi connectivity index (χ0n) is 18.7. The Hall–Kier alpha value is -2.02.